The summed E-state index contributed by atoms with van der Waals surface area (Å²) in [5.74, 6) is -8.04. The van der Waals surface area contributed by atoms with Gasteiger partial charge >= 0.3 is 5.97 Å². The normalized spacial score (nSPS) is 36.6. The van der Waals surface area contributed by atoms with Gasteiger partial charge in [-0.3, -0.25) is 14.4 Å². The molecule has 1 aliphatic carbocycles. The molecule has 70 heavy (non-hydrogen) atoms. The van der Waals surface area contributed by atoms with E-state index in [0.717, 1.165) is 24.0 Å². The van der Waals surface area contributed by atoms with Crippen LogP contribution in [0.3, 0.4) is 0 Å². The van der Waals surface area contributed by atoms with Crippen molar-refractivity contribution in [3.63, 3.8) is 0 Å². The van der Waals surface area contributed by atoms with E-state index in [9.17, 15) is 24.6 Å². The average molecular weight is 996 g/mol. The molecule has 1 amide bonds. The summed E-state index contributed by atoms with van der Waals surface area (Å²) in [6.07, 6.45) is 5.63. The smallest absolute Gasteiger partial charge is 0.329 e. The molecule has 13 nitrogen and oxygen atoms in total. The molecule has 394 valence electrons. The van der Waals surface area contributed by atoms with Gasteiger partial charge in [0.05, 0.1) is 30.5 Å². The van der Waals surface area contributed by atoms with E-state index in [1.54, 1.807) is 28.3 Å². The van der Waals surface area contributed by atoms with Crippen molar-refractivity contribution in [2.24, 2.45) is 35.5 Å². The van der Waals surface area contributed by atoms with E-state index in [1.807, 2.05) is 64.1 Å². The van der Waals surface area contributed by atoms with Crippen molar-refractivity contribution in [3.05, 3.63) is 59.2 Å². The van der Waals surface area contributed by atoms with Crippen LogP contribution in [0.4, 0.5) is 0 Å². The summed E-state index contributed by atoms with van der Waals surface area (Å²) in [6, 6.07) is 8.12. The molecule has 2 bridgehead atoms. The number of benzene rings is 1. The van der Waals surface area contributed by atoms with E-state index >= 15 is 4.79 Å². The predicted octanol–water partition coefficient (Wildman–Crippen LogP) is 9.49. The molecule has 1 aromatic rings. The molecule has 2 saturated heterocycles. The number of nitrogens with zero attached hydrogens (tertiary/aromatic N) is 1. The van der Waals surface area contributed by atoms with Gasteiger partial charge in [0, 0.05) is 45.6 Å². The van der Waals surface area contributed by atoms with E-state index in [1.165, 1.54) is 4.90 Å². The number of methoxy groups -OCH3 is 3. The number of allylic oxidation sites excluding steroid dienone is 3. The lowest BCUT2D eigenvalue weighted by molar-refractivity contribution is -0.302. The van der Waals surface area contributed by atoms with Crippen LogP contribution in [0.1, 0.15) is 145 Å². The first-order chi connectivity index (χ1) is 32.9. The number of piperidine rings is 1. The fourth-order valence-electron chi connectivity index (χ4n) is 11.4. The summed E-state index contributed by atoms with van der Waals surface area (Å²) in [7, 11) is 2.74. The van der Waals surface area contributed by atoms with Gasteiger partial charge in [-0.25, -0.2) is 4.79 Å². The number of carbonyl (C=O) groups is 4. The maximum absolute atomic E-state index is 15.1. The number of ketones is 2. The van der Waals surface area contributed by atoms with Crippen LogP contribution in [0, 0.1) is 35.5 Å². The number of fused-ring (bicyclic) bond motifs is 3. The van der Waals surface area contributed by atoms with Gasteiger partial charge in [0.2, 0.25) is 5.79 Å². The number of amides is 1. The van der Waals surface area contributed by atoms with Crippen LogP contribution in [0.5, 0.6) is 0 Å². The van der Waals surface area contributed by atoms with Gasteiger partial charge in [0.25, 0.3) is 11.7 Å². The minimum atomic E-state index is -2.51. The Morgan fingerprint density at radius 1 is 0.900 bits per heavy atom. The van der Waals surface area contributed by atoms with Gasteiger partial charge in [0.1, 0.15) is 24.0 Å². The Labute approximate surface area is 420 Å². The van der Waals surface area contributed by atoms with Gasteiger partial charge in [0.15, 0.2) is 8.32 Å². The maximum Gasteiger partial charge on any atom is 0.329 e. The van der Waals surface area contributed by atoms with Crippen molar-refractivity contribution in [1.82, 2.24) is 4.90 Å². The molecule has 1 saturated carbocycles. The number of Topliss-reactive ketones (excluding diaryl/α,β-unsaturated/α-hetero) is 2. The van der Waals surface area contributed by atoms with Crippen molar-refractivity contribution in [2.75, 3.05) is 27.9 Å². The highest BCUT2D eigenvalue weighted by Gasteiger charge is 2.57. The highest BCUT2D eigenvalue weighted by Crippen LogP contribution is 2.43. The Morgan fingerprint density at radius 3 is 2.16 bits per heavy atom. The fraction of sp³-hybridized carbons (Fsp3) is 0.750. The Hall–Kier alpha value is -3.08. The van der Waals surface area contributed by atoms with Crippen LogP contribution in [0.15, 0.2) is 53.6 Å². The standard InChI is InChI=1S/C56H89NO12Si/c1-15-40-28-34(2)27-35(3)29-46(65-11)51-47(66-12)32-38(6)56(63,68-51)52(60)53(61)57-26-20-19-23-43(57)54(62)67-50(37(5)31-42(48(40)58)49(59)41-21-17-16-18-22-41)36(4)30-39-24-25-44(45(33-39)64-10)69-70(13,14)55(7,8)9/h16-18,21-22,28,30,35,37-40,42-47,49-51,59,63H,15,19-20,23-27,29,31-33H2,1-14H3/b34-28+,36-30+/t35-,37+,38+,39-,40+,42?,43-,44+,45+,46-,47-,49?,50+,51+,56+/m0/s1. The first kappa shape index (κ1) is 57.8. The van der Waals surface area contributed by atoms with Crippen molar-refractivity contribution >= 4 is 31.8 Å². The quantitative estimate of drug-likeness (QED) is 0.0988. The molecule has 0 spiro atoms. The van der Waals surface area contributed by atoms with Crippen LogP contribution in [-0.2, 0) is 47.3 Å². The van der Waals surface area contributed by atoms with Crippen LogP contribution >= 0.6 is 0 Å². The molecule has 14 heteroatoms. The molecule has 15 atom stereocenters. The van der Waals surface area contributed by atoms with Crippen LogP contribution in [-0.4, -0.2) is 123 Å². The molecule has 4 aliphatic rings. The summed E-state index contributed by atoms with van der Waals surface area (Å²) in [5.41, 5.74) is 2.40. The Morgan fingerprint density at radius 2 is 1.54 bits per heavy atom. The highest BCUT2D eigenvalue weighted by atomic mass is 28.4. The average Bonchev–Trinajstić information content (AvgIpc) is 3.32. The third kappa shape index (κ3) is 13.5. The Bertz CT molecular complexity index is 1980. The monoisotopic (exact) mass is 996 g/mol. The number of ether oxygens (including phenoxy) is 5. The number of carbonyl (C=O) groups excluding carboxylic acids is 4. The fourth-order valence-corrected chi connectivity index (χ4v) is 12.8. The second-order valence-electron chi connectivity index (χ2n) is 23.0. The highest BCUT2D eigenvalue weighted by molar-refractivity contribution is 6.74. The van der Waals surface area contributed by atoms with Gasteiger partial charge in [-0.15, -0.1) is 0 Å². The first-order valence-electron chi connectivity index (χ1n) is 26.3. The van der Waals surface area contributed by atoms with Gasteiger partial charge in [-0.1, -0.05) is 96.5 Å². The molecular formula is C56H89NO12Si. The molecule has 1 aromatic carbocycles. The lowest BCUT2D eigenvalue weighted by Gasteiger charge is -2.47. The molecule has 0 aromatic heterocycles. The van der Waals surface area contributed by atoms with Crippen LogP contribution in [0.25, 0.3) is 0 Å². The molecule has 2 unspecified atom stereocenters. The van der Waals surface area contributed by atoms with E-state index in [-0.39, 0.29) is 60.7 Å². The number of esters is 1. The SMILES string of the molecule is CC[C@@H]1/C=C(\C)C[C@H](C)C[C@H](OC)[C@H]2O[C@@](O)(C(=O)C(=O)N3CCCC[C@H]3C(=O)O[C@H](/C(C)=C/[C@@H]3CC[C@@H](O[Si](C)(C)C(C)(C)C)[C@H](OC)C3)[C@H](C)CC(C(O)c3ccccc3)C1=O)[C@H](C)C[C@@H]2OC. The number of cyclic esters (lactones) is 1. The largest absolute Gasteiger partial charge is 0.456 e. The van der Waals surface area contributed by atoms with Crippen LogP contribution in [0.2, 0.25) is 18.1 Å². The van der Waals surface area contributed by atoms with Crippen molar-refractivity contribution in [2.45, 2.75) is 206 Å². The molecular weight excluding hydrogens is 907 g/mol. The van der Waals surface area contributed by atoms with E-state index < -0.39 is 92.0 Å². The zero-order chi connectivity index (χ0) is 51.9. The maximum atomic E-state index is 15.1. The summed E-state index contributed by atoms with van der Waals surface area (Å²) >= 11 is 0. The summed E-state index contributed by atoms with van der Waals surface area (Å²) in [5, 5.41) is 24.5. The number of aliphatic hydroxyl groups is 2. The number of aliphatic hydroxyl groups excluding tert-OH is 1. The van der Waals surface area contributed by atoms with E-state index in [2.05, 4.69) is 46.9 Å². The first-order valence-corrected chi connectivity index (χ1v) is 29.2. The summed E-state index contributed by atoms with van der Waals surface area (Å²) < 4.78 is 37.9. The predicted molar refractivity (Wildman–Crippen MR) is 273 cm³/mol. The van der Waals surface area contributed by atoms with Crippen molar-refractivity contribution in [1.29, 1.82) is 0 Å². The van der Waals surface area contributed by atoms with Gasteiger partial charge in [-0.05, 0) is 131 Å². The zero-order valence-electron chi connectivity index (χ0n) is 45.0. The lowest BCUT2D eigenvalue weighted by atomic mass is 9.76. The summed E-state index contributed by atoms with van der Waals surface area (Å²) in [6.45, 7) is 23.0. The summed E-state index contributed by atoms with van der Waals surface area (Å²) in [4.78, 5) is 60.3. The zero-order valence-corrected chi connectivity index (χ0v) is 46.0. The lowest BCUT2D eigenvalue weighted by Crippen LogP contribution is -2.64. The van der Waals surface area contributed by atoms with Gasteiger partial charge < -0.3 is 43.2 Å². The second kappa shape index (κ2) is 24.8. The number of hydrogen-bond donors (Lipinski definition) is 2. The number of hydrogen-bond acceptors (Lipinski definition) is 12. The van der Waals surface area contributed by atoms with Crippen molar-refractivity contribution < 1.29 is 57.5 Å². The third-order valence-corrected chi connectivity index (χ3v) is 21.1. The molecule has 0 radical (unpaired) electrons. The number of rotatable bonds is 10. The Balaban J connectivity index is 1.60. The molecule has 3 aliphatic heterocycles. The van der Waals surface area contributed by atoms with Crippen LogP contribution < -0.4 is 0 Å². The van der Waals surface area contributed by atoms with Crippen molar-refractivity contribution in [3.8, 4) is 0 Å². The molecule has 5 rings (SSSR count). The molecule has 3 heterocycles. The topological polar surface area (TPSA) is 167 Å². The van der Waals surface area contributed by atoms with E-state index in [4.69, 9.17) is 28.1 Å². The van der Waals surface area contributed by atoms with E-state index in [0.29, 0.717) is 44.1 Å². The molecule has 2 N–H and O–H groups in total. The molecule has 3 fully saturated rings. The third-order valence-electron chi connectivity index (χ3n) is 16.6. The minimum Gasteiger partial charge on any atom is -0.456 e. The Kier molecular flexibility index (Phi) is 20.5. The second-order valence-corrected chi connectivity index (χ2v) is 27.7. The minimum absolute atomic E-state index is 0.00578. The van der Waals surface area contributed by atoms with Gasteiger partial charge in [-0.2, -0.15) is 0 Å².